The average Bonchev–Trinajstić information content (AvgIpc) is 2.29. The van der Waals surface area contributed by atoms with Gasteiger partial charge in [-0.3, -0.25) is 0 Å². The quantitative estimate of drug-likeness (QED) is 0.761. The van der Waals surface area contributed by atoms with Crippen LogP contribution in [0.25, 0.3) is 0 Å². The van der Waals surface area contributed by atoms with Crippen molar-refractivity contribution in [1.82, 2.24) is 9.97 Å². The highest BCUT2D eigenvalue weighted by Crippen LogP contribution is 2.21. The topological polar surface area (TPSA) is 83.7 Å². The predicted octanol–water partition coefficient (Wildman–Crippen LogP) is 1.89. The Balaban J connectivity index is 2.67. The standard InChI is InChI=1S/C12H17N3O2S/c1-10-7-14-11(15-8-10)18(16,17)6-4-5-12(2,3)9-13/h7-8H,4-6H2,1-3H3. The third-order valence-electron chi connectivity index (χ3n) is 2.55. The summed E-state index contributed by atoms with van der Waals surface area (Å²) in [5.74, 6) is -0.0266. The Hall–Kier alpha value is -1.48. The van der Waals surface area contributed by atoms with E-state index in [-0.39, 0.29) is 10.9 Å². The second-order valence-corrected chi connectivity index (χ2v) is 6.96. The van der Waals surface area contributed by atoms with Crippen LogP contribution in [0.4, 0.5) is 0 Å². The Morgan fingerprint density at radius 1 is 1.33 bits per heavy atom. The minimum absolute atomic E-state index is 0.0266. The molecule has 1 rings (SSSR count). The van der Waals surface area contributed by atoms with Crippen molar-refractivity contribution in [3.8, 4) is 6.07 Å². The summed E-state index contributed by atoms with van der Waals surface area (Å²) in [6.45, 7) is 5.38. The summed E-state index contributed by atoms with van der Waals surface area (Å²) in [5, 5.41) is 8.71. The van der Waals surface area contributed by atoms with Gasteiger partial charge in [0.1, 0.15) is 0 Å². The van der Waals surface area contributed by atoms with Crippen molar-refractivity contribution in [3.63, 3.8) is 0 Å². The normalized spacial score (nSPS) is 12.1. The van der Waals surface area contributed by atoms with Crippen molar-refractivity contribution in [2.75, 3.05) is 5.75 Å². The van der Waals surface area contributed by atoms with Crippen molar-refractivity contribution in [3.05, 3.63) is 18.0 Å². The zero-order valence-corrected chi connectivity index (χ0v) is 11.7. The van der Waals surface area contributed by atoms with Crippen LogP contribution in [-0.2, 0) is 9.84 Å². The summed E-state index contributed by atoms with van der Waals surface area (Å²) in [4.78, 5) is 7.64. The third kappa shape index (κ3) is 4.08. The van der Waals surface area contributed by atoms with Gasteiger partial charge in [-0.1, -0.05) is 0 Å². The average molecular weight is 267 g/mol. The van der Waals surface area contributed by atoms with Crippen LogP contribution >= 0.6 is 0 Å². The van der Waals surface area contributed by atoms with E-state index >= 15 is 0 Å². The molecule has 0 amide bonds. The van der Waals surface area contributed by atoms with Crippen LogP contribution in [-0.4, -0.2) is 24.1 Å². The number of hydrogen-bond donors (Lipinski definition) is 0. The van der Waals surface area contributed by atoms with Gasteiger partial charge in [0.25, 0.3) is 0 Å². The maximum Gasteiger partial charge on any atom is 0.247 e. The molecule has 1 aromatic rings. The summed E-state index contributed by atoms with van der Waals surface area (Å²) in [6, 6.07) is 2.15. The number of aromatic nitrogens is 2. The molecule has 0 unspecified atom stereocenters. The summed E-state index contributed by atoms with van der Waals surface area (Å²) in [6.07, 6.45) is 3.94. The molecule has 0 atom stereocenters. The van der Waals surface area contributed by atoms with Gasteiger partial charge >= 0.3 is 0 Å². The first-order valence-corrected chi connectivity index (χ1v) is 7.35. The second kappa shape index (κ2) is 5.44. The van der Waals surface area contributed by atoms with Gasteiger partial charge in [0.05, 0.1) is 17.2 Å². The van der Waals surface area contributed by atoms with E-state index in [0.29, 0.717) is 12.8 Å². The molecule has 18 heavy (non-hydrogen) atoms. The zero-order chi connectivity index (χ0) is 13.8. The first kappa shape index (κ1) is 14.6. The molecule has 98 valence electrons. The molecule has 1 heterocycles. The highest BCUT2D eigenvalue weighted by Gasteiger charge is 2.21. The maximum absolute atomic E-state index is 11.9. The van der Waals surface area contributed by atoms with Crippen molar-refractivity contribution >= 4 is 9.84 Å². The molecule has 0 aliphatic heterocycles. The van der Waals surface area contributed by atoms with Gasteiger partial charge < -0.3 is 0 Å². The van der Waals surface area contributed by atoms with E-state index in [1.807, 2.05) is 0 Å². The van der Waals surface area contributed by atoms with E-state index in [1.165, 1.54) is 12.4 Å². The lowest BCUT2D eigenvalue weighted by molar-refractivity contribution is 0.444. The Labute approximate surface area is 108 Å². The molecule has 0 saturated heterocycles. The van der Waals surface area contributed by atoms with Gasteiger partial charge in [-0.05, 0) is 39.2 Å². The predicted molar refractivity (Wildman–Crippen MR) is 67.4 cm³/mol. The molecular formula is C12H17N3O2S. The molecule has 0 fully saturated rings. The number of aryl methyl sites for hydroxylation is 1. The van der Waals surface area contributed by atoms with E-state index in [4.69, 9.17) is 5.26 Å². The van der Waals surface area contributed by atoms with E-state index in [1.54, 1.807) is 20.8 Å². The summed E-state index contributed by atoms with van der Waals surface area (Å²) in [7, 11) is -3.44. The second-order valence-electron chi connectivity index (χ2n) is 4.96. The molecular weight excluding hydrogens is 250 g/mol. The van der Waals surface area contributed by atoms with Gasteiger partial charge in [-0.25, -0.2) is 18.4 Å². The third-order valence-corrected chi connectivity index (χ3v) is 4.15. The van der Waals surface area contributed by atoms with E-state index in [2.05, 4.69) is 16.0 Å². The summed E-state index contributed by atoms with van der Waals surface area (Å²) >= 11 is 0. The lowest BCUT2D eigenvalue weighted by Gasteiger charge is -2.13. The number of rotatable bonds is 5. The van der Waals surface area contributed by atoms with Crippen LogP contribution in [0.1, 0.15) is 32.3 Å². The van der Waals surface area contributed by atoms with Gasteiger partial charge in [0.2, 0.25) is 15.0 Å². The molecule has 1 aromatic heterocycles. The lowest BCUT2D eigenvalue weighted by atomic mass is 9.90. The van der Waals surface area contributed by atoms with E-state index < -0.39 is 15.3 Å². The smallest absolute Gasteiger partial charge is 0.227 e. The van der Waals surface area contributed by atoms with Gasteiger partial charge in [-0.2, -0.15) is 5.26 Å². The Bertz CT molecular complexity index is 542. The molecule has 0 radical (unpaired) electrons. The minimum atomic E-state index is -3.44. The molecule has 0 bridgehead atoms. The van der Waals surface area contributed by atoms with Crippen molar-refractivity contribution in [2.24, 2.45) is 5.41 Å². The van der Waals surface area contributed by atoms with Crippen LogP contribution in [0.15, 0.2) is 17.6 Å². The number of sulfone groups is 1. The van der Waals surface area contributed by atoms with E-state index in [9.17, 15) is 8.42 Å². The maximum atomic E-state index is 11.9. The zero-order valence-electron chi connectivity index (χ0n) is 10.8. The van der Waals surface area contributed by atoms with Crippen molar-refractivity contribution in [2.45, 2.75) is 38.8 Å². The highest BCUT2D eigenvalue weighted by atomic mass is 32.2. The molecule has 5 nitrogen and oxygen atoms in total. The Morgan fingerprint density at radius 2 is 1.89 bits per heavy atom. The van der Waals surface area contributed by atoms with Crippen LogP contribution in [0.3, 0.4) is 0 Å². The summed E-state index contributed by atoms with van der Waals surface area (Å²) in [5.41, 5.74) is 0.323. The molecule has 0 aromatic carbocycles. The molecule has 0 spiro atoms. The number of nitriles is 1. The van der Waals surface area contributed by atoms with Crippen LogP contribution in [0.2, 0.25) is 0 Å². The fraction of sp³-hybridized carbons (Fsp3) is 0.583. The Kier molecular flexibility index (Phi) is 4.41. The first-order chi connectivity index (χ1) is 8.27. The van der Waals surface area contributed by atoms with Crippen LogP contribution in [0.5, 0.6) is 0 Å². The fourth-order valence-electron chi connectivity index (χ4n) is 1.39. The molecule has 0 aliphatic carbocycles. The molecule has 0 N–H and O–H groups in total. The first-order valence-electron chi connectivity index (χ1n) is 5.69. The van der Waals surface area contributed by atoms with E-state index in [0.717, 1.165) is 5.56 Å². The largest absolute Gasteiger partial charge is 0.247 e. The number of nitrogens with zero attached hydrogens (tertiary/aromatic N) is 3. The number of hydrogen-bond acceptors (Lipinski definition) is 5. The van der Waals surface area contributed by atoms with Gasteiger partial charge in [0, 0.05) is 12.4 Å². The van der Waals surface area contributed by atoms with Crippen LogP contribution < -0.4 is 0 Å². The molecule has 6 heteroatoms. The lowest BCUT2D eigenvalue weighted by Crippen LogP contribution is -2.14. The van der Waals surface area contributed by atoms with Gasteiger partial charge in [0.15, 0.2) is 0 Å². The fourth-order valence-corrected chi connectivity index (χ4v) is 2.53. The van der Waals surface area contributed by atoms with Crippen molar-refractivity contribution in [1.29, 1.82) is 5.26 Å². The highest BCUT2D eigenvalue weighted by molar-refractivity contribution is 7.91. The van der Waals surface area contributed by atoms with Gasteiger partial charge in [-0.15, -0.1) is 0 Å². The minimum Gasteiger partial charge on any atom is -0.227 e. The van der Waals surface area contributed by atoms with Crippen molar-refractivity contribution < 1.29 is 8.42 Å². The molecule has 0 aliphatic rings. The monoisotopic (exact) mass is 267 g/mol. The summed E-state index contributed by atoms with van der Waals surface area (Å²) < 4.78 is 23.8. The Morgan fingerprint density at radius 3 is 2.39 bits per heavy atom. The SMILES string of the molecule is Cc1cnc(S(=O)(=O)CCCC(C)(C)C#N)nc1. The molecule has 0 saturated carbocycles. The van der Waals surface area contributed by atoms with Crippen LogP contribution in [0, 0.1) is 23.7 Å².